The standard InChI is InChI=1S/C18H23N5O2/c19-11-16-15(12-21-22-16)13-4-1-5-14(10-13)18(25)20-7-3-9-23-8-2-6-17(23)24/h1,4-5,10,15-16,21-22H,2-3,6-9,12H2,(H,20,25). The van der Waals surface area contributed by atoms with Crippen LogP contribution in [0.25, 0.3) is 0 Å². The molecule has 0 saturated carbocycles. The van der Waals surface area contributed by atoms with Crippen molar-refractivity contribution in [3.05, 3.63) is 35.4 Å². The van der Waals surface area contributed by atoms with Crippen molar-refractivity contribution in [2.24, 2.45) is 0 Å². The summed E-state index contributed by atoms with van der Waals surface area (Å²) in [6.07, 6.45) is 2.34. The number of benzene rings is 1. The summed E-state index contributed by atoms with van der Waals surface area (Å²) in [6.45, 7) is 2.73. The van der Waals surface area contributed by atoms with Crippen LogP contribution in [0.2, 0.25) is 0 Å². The Balaban J connectivity index is 1.51. The Bertz CT molecular complexity index is 684. The second-order valence-corrected chi connectivity index (χ2v) is 6.46. The molecule has 0 aliphatic carbocycles. The van der Waals surface area contributed by atoms with Crippen molar-refractivity contribution in [2.75, 3.05) is 26.2 Å². The minimum Gasteiger partial charge on any atom is -0.352 e. The number of nitrogens with zero attached hydrogens (tertiary/aromatic N) is 2. The zero-order valence-electron chi connectivity index (χ0n) is 14.1. The van der Waals surface area contributed by atoms with Crippen LogP contribution in [0.1, 0.15) is 41.1 Å². The molecule has 7 heteroatoms. The fraction of sp³-hybridized carbons (Fsp3) is 0.500. The predicted molar refractivity (Wildman–Crippen MR) is 92.5 cm³/mol. The summed E-state index contributed by atoms with van der Waals surface area (Å²) in [7, 11) is 0. The maximum Gasteiger partial charge on any atom is 0.251 e. The number of nitrogens with one attached hydrogen (secondary N) is 3. The first-order valence-corrected chi connectivity index (χ1v) is 8.73. The number of amides is 2. The highest BCUT2D eigenvalue weighted by molar-refractivity contribution is 5.94. The van der Waals surface area contributed by atoms with Gasteiger partial charge in [-0.25, -0.2) is 5.43 Å². The first kappa shape index (κ1) is 17.4. The van der Waals surface area contributed by atoms with Crippen LogP contribution in [0.5, 0.6) is 0 Å². The van der Waals surface area contributed by atoms with Gasteiger partial charge in [-0.2, -0.15) is 5.26 Å². The van der Waals surface area contributed by atoms with Gasteiger partial charge in [-0.1, -0.05) is 12.1 Å². The molecule has 2 atom stereocenters. The molecule has 2 unspecified atom stereocenters. The second-order valence-electron chi connectivity index (χ2n) is 6.46. The minimum atomic E-state index is -0.295. The molecule has 0 radical (unpaired) electrons. The Morgan fingerprint density at radius 3 is 3.08 bits per heavy atom. The molecule has 2 aliphatic heterocycles. The monoisotopic (exact) mass is 341 g/mol. The van der Waals surface area contributed by atoms with Crippen LogP contribution >= 0.6 is 0 Å². The normalized spacial score (nSPS) is 22.8. The Kier molecular flexibility index (Phi) is 5.64. The lowest BCUT2D eigenvalue weighted by atomic mass is 9.92. The topological polar surface area (TPSA) is 97.3 Å². The highest BCUT2D eigenvalue weighted by atomic mass is 16.2. The van der Waals surface area contributed by atoms with Crippen molar-refractivity contribution in [1.29, 1.82) is 5.26 Å². The maximum atomic E-state index is 12.3. The van der Waals surface area contributed by atoms with E-state index in [1.165, 1.54) is 0 Å². The van der Waals surface area contributed by atoms with E-state index < -0.39 is 0 Å². The smallest absolute Gasteiger partial charge is 0.251 e. The number of nitriles is 1. The highest BCUT2D eigenvalue weighted by Gasteiger charge is 2.28. The quantitative estimate of drug-likeness (QED) is 0.655. The Morgan fingerprint density at radius 1 is 1.44 bits per heavy atom. The molecule has 2 heterocycles. The van der Waals surface area contributed by atoms with Crippen LogP contribution in [0, 0.1) is 11.3 Å². The first-order chi connectivity index (χ1) is 12.2. The van der Waals surface area contributed by atoms with Gasteiger partial charge in [-0.05, 0) is 30.5 Å². The highest BCUT2D eigenvalue weighted by Crippen LogP contribution is 2.22. The molecule has 3 rings (SSSR count). The van der Waals surface area contributed by atoms with E-state index in [1.54, 1.807) is 6.07 Å². The van der Waals surface area contributed by atoms with E-state index in [0.717, 1.165) is 24.9 Å². The lowest BCUT2D eigenvalue weighted by Crippen LogP contribution is -2.31. The Morgan fingerprint density at radius 2 is 2.32 bits per heavy atom. The van der Waals surface area contributed by atoms with Gasteiger partial charge in [0.05, 0.1) is 6.07 Å². The average molecular weight is 341 g/mol. The number of hydrogen-bond donors (Lipinski definition) is 3. The van der Waals surface area contributed by atoms with Gasteiger partial charge < -0.3 is 10.2 Å². The van der Waals surface area contributed by atoms with E-state index in [0.29, 0.717) is 31.6 Å². The van der Waals surface area contributed by atoms with Crippen molar-refractivity contribution in [2.45, 2.75) is 31.2 Å². The zero-order chi connectivity index (χ0) is 17.6. The molecule has 1 aromatic carbocycles. The van der Waals surface area contributed by atoms with Crippen molar-refractivity contribution in [3.8, 4) is 6.07 Å². The van der Waals surface area contributed by atoms with Gasteiger partial charge >= 0.3 is 0 Å². The molecule has 0 bridgehead atoms. The summed E-state index contributed by atoms with van der Waals surface area (Å²) in [4.78, 5) is 25.7. The van der Waals surface area contributed by atoms with Crippen molar-refractivity contribution in [1.82, 2.24) is 21.1 Å². The Labute approximate surface area is 147 Å². The minimum absolute atomic E-state index is 0.0268. The molecule has 7 nitrogen and oxygen atoms in total. The van der Waals surface area contributed by atoms with Crippen LogP contribution < -0.4 is 16.2 Å². The van der Waals surface area contributed by atoms with Crippen molar-refractivity contribution < 1.29 is 9.59 Å². The third-order valence-corrected chi connectivity index (χ3v) is 4.76. The molecule has 2 amide bonds. The van der Waals surface area contributed by atoms with Gasteiger partial charge in [0.15, 0.2) is 0 Å². The summed E-state index contributed by atoms with van der Waals surface area (Å²) in [5.74, 6) is 0.116. The number of likely N-dealkylation sites (tertiary alicyclic amines) is 1. The number of rotatable bonds is 6. The SMILES string of the molecule is N#CC1NNCC1c1cccc(C(=O)NCCCN2CCCC2=O)c1. The van der Waals surface area contributed by atoms with Crippen molar-refractivity contribution >= 4 is 11.8 Å². The number of carbonyl (C=O) groups excluding carboxylic acids is 2. The van der Waals surface area contributed by atoms with Gasteiger partial charge in [-0.3, -0.25) is 15.0 Å². The zero-order valence-corrected chi connectivity index (χ0v) is 14.1. The lowest BCUT2D eigenvalue weighted by molar-refractivity contribution is -0.127. The van der Waals surface area contributed by atoms with E-state index in [4.69, 9.17) is 5.26 Å². The van der Waals surface area contributed by atoms with Gasteiger partial charge in [0.2, 0.25) is 5.91 Å². The number of hydrazine groups is 1. The molecular weight excluding hydrogens is 318 g/mol. The van der Waals surface area contributed by atoms with Crippen molar-refractivity contribution in [3.63, 3.8) is 0 Å². The van der Waals surface area contributed by atoms with E-state index in [1.807, 2.05) is 23.1 Å². The summed E-state index contributed by atoms with van der Waals surface area (Å²) in [6, 6.07) is 9.35. The molecule has 25 heavy (non-hydrogen) atoms. The van der Waals surface area contributed by atoms with Gasteiger partial charge in [0.25, 0.3) is 5.91 Å². The largest absolute Gasteiger partial charge is 0.352 e. The summed E-state index contributed by atoms with van der Waals surface area (Å²) >= 11 is 0. The molecular formula is C18H23N5O2. The van der Waals surface area contributed by atoms with Crippen LogP contribution in [0.3, 0.4) is 0 Å². The molecule has 132 valence electrons. The van der Waals surface area contributed by atoms with E-state index in [9.17, 15) is 9.59 Å². The average Bonchev–Trinajstić information content (AvgIpc) is 3.27. The predicted octanol–water partition coefficient (Wildman–Crippen LogP) is 0.512. The van der Waals surface area contributed by atoms with Crippen LogP contribution in [0.4, 0.5) is 0 Å². The van der Waals surface area contributed by atoms with Crippen LogP contribution in [-0.2, 0) is 4.79 Å². The number of carbonyl (C=O) groups is 2. The van der Waals surface area contributed by atoms with E-state index in [2.05, 4.69) is 22.2 Å². The van der Waals surface area contributed by atoms with Gasteiger partial charge in [0, 0.05) is 44.1 Å². The summed E-state index contributed by atoms with van der Waals surface area (Å²) in [5, 5.41) is 12.1. The third-order valence-electron chi connectivity index (χ3n) is 4.76. The van der Waals surface area contributed by atoms with E-state index in [-0.39, 0.29) is 23.8 Å². The van der Waals surface area contributed by atoms with Gasteiger partial charge in [-0.15, -0.1) is 0 Å². The fourth-order valence-electron chi connectivity index (χ4n) is 3.35. The molecule has 2 aliphatic rings. The molecule has 0 aromatic heterocycles. The van der Waals surface area contributed by atoms with Gasteiger partial charge in [0.1, 0.15) is 6.04 Å². The van der Waals surface area contributed by atoms with Crippen LogP contribution in [0.15, 0.2) is 24.3 Å². The van der Waals surface area contributed by atoms with E-state index >= 15 is 0 Å². The molecule has 2 fully saturated rings. The second kappa shape index (κ2) is 8.10. The molecule has 2 saturated heterocycles. The number of hydrogen-bond acceptors (Lipinski definition) is 5. The molecule has 3 N–H and O–H groups in total. The fourth-order valence-corrected chi connectivity index (χ4v) is 3.35. The third kappa shape index (κ3) is 4.16. The lowest BCUT2D eigenvalue weighted by Gasteiger charge is -2.16. The first-order valence-electron chi connectivity index (χ1n) is 8.73. The summed E-state index contributed by atoms with van der Waals surface area (Å²) < 4.78 is 0. The molecule has 1 aromatic rings. The van der Waals surface area contributed by atoms with Crippen LogP contribution in [-0.4, -0.2) is 48.9 Å². The molecule has 0 spiro atoms. The maximum absolute atomic E-state index is 12.3. The Hall–Kier alpha value is -2.43. The summed E-state index contributed by atoms with van der Waals surface area (Å²) in [5.41, 5.74) is 7.49.